The largest absolute Gasteiger partial charge is 0.322 e. The van der Waals surface area contributed by atoms with E-state index in [4.69, 9.17) is 11.6 Å². The van der Waals surface area contributed by atoms with Crippen molar-refractivity contribution in [3.8, 4) is 0 Å². The zero-order valence-electron chi connectivity index (χ0n) is 10.3. The summed E-state index contributed by atoms with van der Waals surface area (Å²) >= 11 is 8.82. The molecule has 0 unspecified atom stereocenters. The number of rotatable bonds is 3. The SMILES string of the molecule is O=C(Nc1ccc([N+](=O)[O-])c(Cl)c1)c1ccc(Br)cc1F. The fourth-order valence-corrected chi connectivity index (χ4v) is 2.19. The Morgan fingerprint density at radius 2 is 2.00 bits per heavy atom. The summed E-state index contributed by atoms with van der Waals surface area (Å²) in [5.41, 5.74) is -0.185. The molecule has 0 aromatic heterocycles. The molecule has 0 aliphatic rings. The molecule has 21 heavy (non-hydrogen) atoms. The van der Waals surface area contributed by atoms with Crippen LogP contribution in [0.15, 0.2) is 40.9 Å². The van der Waals surface area contributed by atoms with Gasteiger partial charge in [0.2, 0.25) is 0 Å². The normalized spacial score (nSPS) is 10.2. The maximum Gasteiger partial charge on any atom is 0.288 e. The first-order valence-electron chi connectivity index (χ1n) is 5.59. The lowest BCUT2D eigenvalue weighted by molar-refractivity contribution is -0.384. The highest BCUT2D eigenvalue weighted by Gasteiger charge is 2.15. The Morgan fingerprint density at radius 1 is 1.29 bits per heavy atom. The molecule has 0 fully saturated rings. The summed E-state index contributed by atoms with van der Waals surface area (Å²) < 4.78 is 14.2. The van der Waals surface area contributed by atoms with E-state index < -0.39 is 16.6 Å². The number of anilines is 1. The Bertz CT molecular complexity index is 739. The van der Waals surface area contributed by atoms with Gasteiger partial charge in [-0.15, -0.1) is 0 Å². The standard InChI is InChI=1S/C13H7BrClFN2O3/c14-7-1-3-9(11(16)5-7)13(19)17-8-2-4-12(18(20)21)10(15)6-8/h1-6H,(H,17,19). The Balaban J connectivity index is 2.23. The molecule has 0 heterocycles. The van der Waals surface area contributed by atoms with Crippen molar-refractivity contribution in [3.63, 3.8) is 0 Å². The molecule has 2 aromatic carbocycles. The van der Waals surface area contributed by atoms with E-state index in [9.17, 15) is 19.3 Å². The second-order valence-electron chi connectivity index (χ2n) is 4.00. The maximum atomic E-state index is 13.6. The summed E-state index contributed by atoms with van der Waals surface area (Å²) in [7, 11) is 0. The smallest absolute Gasteiger partial charge is 0.288 e. The van der Waals surface area contributed by atoms with Crippen molar-refractivity contribution >= 4 is 44.8 Å². The third-order valence-corrected chi connectivity index (χ3v) is 3.37. The van der Waals surface area contributed by atoms with E-state index in [1.165, 1.54) is 24.3 Å². The Hall–Kier alpha value is -1.99. The van der Waals surface area contributed by atoms with Crippen molar-refractivity contribution in [1.82, 2.24) is 0 Å². The van der Waals surface area contributed by atoms with E-state index in [1.807, 2.05) is 0 Å². The zero-order chi connectivity index (χ0) is 15.6. The van der Waals surface area contributed by atoms with E-state index >= 15 is 0 Å². The van der Waals surface area contributed by atoms with Crippen LogP contribution in [-0.4, -0.2) is 10.8 Å². The Kier molecular flexibility index (Phi) is 4.54. The van der Waals surface area contributed by atoms with Gasteiger partial charge in [-0.25, -0.2) is 4.39 Å². The van der Waals surface area contributed by atoms with Gasteiger partial charge in [-0.3, -0.25) is 14.9 Å². The van der Waals surface area contributed by atoms with E-state index in [1.54, 1.807) is 0 Å². The molecule has 0 spiro atoms. The molecule has 0 bridgehead atoms. The number of nitrogens with zero attached hydrogens (tertiary/aromatic N) is 1. The fraction of sp³-hybridized carbons (Fsp3) is 0. The number of carbonyl (C=O) groups is 1. The molecule has 0 aliphatic carbocycles. The highest BCUT2D eigenvalue weighted by atomic mass is 79.9. The summed E-state index contributed by atoms with van der Waals surface area (Å²) in [5, 5.41) is 12.9. The average Bonchev–Trinajstić information content (AvgIpc) is 2.37. The lowest BCUT2D eigenvalue weighted by atomic mass is 10.2. The molecule has 2 aromatic rings. The van der Waals surface area contributed by atoms with Crippen LogP contribution in [0, 0.1) is 15.9 Å². The number of nitro benzene ring substituents is 1. The third kappa shape index (κ3) is 3.56. The van der Waals surface area contributed by atoms with Gasteiger partial charge in [0.1, 0.15) is 10.8 Å². The number of hydrogen-bond donors (Lipinski definition) is 1. The molecular weight excluding hydrogens is 367 g/mol. The van der Waals surface area contributed by atoms with Gasteiger partial charge in [0, 0.05) is 16.2 Å². The molecular formula is C13H7BrClFN2O3. The molecule has 8 heteroatoms. The zero-order valence-corrected chi connectivity index (χ0v) is 12.6. The summed E-state index contributed by atoms with van der Waals surface area (Å²) in [6, 6.07) is 7.73. The van der Waals surface area contributed by atoms with Crippen LogP contribution < -0.4 is 5.32 Å². The van der Waals surface area contributed by atoms with E-state index in [0.29, 0.717) is 4.47 Å². The average molecular weight is 374 g/mol. The lowest BCUT2D eigenvalue weighted by Crippen LogP contribution is -2.13. The number of carbonyl (C=O) groups excluding carboxylic acids is 1. The van der Waals surface area contributed by atoms with Crippen LogP contribution in [0.2, 0.25) is 5.02 Å². The number of hydrogen-bond acceptors (Lipinski definition) is 3. The topological polar surface area (TPSA) is 72.2 Å². The first kappa shape index (κ1) is 15.4. The van der Waals surface area contributed by atoms with Crippen molar-refractivity contribution in [3.05, 3.63) is 67.4 Å². The fourth-order valence-electron chi connectivity index (χ4n) is 1.60. The van der Waals surface area contributed by atoms with Gasteiger partial charge in [0.25, 0.3) is 11.6 Å². The highest BCUT2D eigenvalue weighted by molar-refractivity contribution is 9.10. The van der Waals surface area contributed by atoms with E-state index in [-0.39, 0.29) is 22.0 Å². The number of amides is 1. The van der Waals surface area contributed by atoms with Gasteiger partial charge in [-0.05, 0) is 30.3 Å². The first-order valence-corrected chi connectivity index (χ1v) is 6.76. The number of benzene rings is 2. The van der Waals surface area contributed by atoms with Gasteiger partial charge in [-0.1, -0.05) is 27.5 Å². The number of halogens is 3. The van der Waals surface area contributed by atoms with Gasteiger partial charge < -0.3 is 5.32 Å². The summed E-state index contributed by atoms with van der Waals surface area (Å²) in [6.45, 7) is 0. The molecule has 2 rings (SSSR count). The number of nitro groups is 1. The minimum atomic E-state index is -0.685. The van der Waals surface area contributed by atoms with Crippen LogP contribution in [0.25, 0.3) is 0 Å². The predicted octanol–water partition coefficient (Wildman–Crippen LogP) is 4.40. The molecule has 0 saturated carbocycles. The summed E-state index contributed by atoms with van der Waals surface area (Å²) in [4.78, 5) is 21.9. The van der Waals surface area contributed by atoms with Crippen molar-refractivity contribution in [2.45, 2.75) is 0 Å². The molecule has 1 amide bonds. The van der Waals surface area contributed by atoms with Gasteiger partial charge in [-0.2, -0.15) is 0 Å². The van der Waals surface area contributed by atoms with Gasteiger partial charge in [0.05, 0.1) is 10.5 Å². The second-order valence-corrected chi connectivity index (χ2v) is 5.32. The first-order chi connectivity index (χ1) is 9.88. The van der Waals surface area contributed by atoms with Crippen molar-refractivity contribution in [2.75, 3.05) is 5.32 Å². The van der Waals surface area contributed by atoms with Crippen molar-refractivity contribution < 1.29 is 14.1 Å². The van der Waals surface area contributed by atoms with Crippen LogP contribution in [0.3, 0.4) is 0 Å². The van der Waals surface area contributed by atoms with Gasteiger partial charge in [0.15, 0.2) is 0 Å². The van der Waals surface area contributed by atoms with Crippen LogP contribution in [0.4, 0.5) is 15.8 Å². The maximum absolute atomic E-state index is 13.6. The third-order valence-electron chi connectivity index (χ3n) is 2.58. The molecule has 108 valence electrons. The summed E-state index contributed by atoms with van der Waals surface area (Å²) in [5.74, 6) is -1.36. The number of nitrogens with one attached hydrogen (secondary N) is 1. The van der Waals surface area contributed by atoms with Crippen LogP contribution in [-0.2, 0) is 0 Å². The highest BCUT2D eigenvalue weighted by Crippen LogP contribution is 2.27. The molecule has 1 N–H and O–H groups in total. The molecule has 0 radical (unpaired) electrons. The van der Waals surface area contributed by atoms with Crippen LogP contribution >= 0.6 is 27.5 Å². The summed E-state index contributed by atoms with van der Waals surface area (Å²) in [6.07, 6.45) is 0. The lowest BCUT2D eigenvalue weighted by Gasteiger charge is -2.07. The van der Waals surface area contributed by atoms with Crippen LogP contribution in [0.1, 0.15) is 10.4 Å². The second kappa shape index (κ2) is 6.19. The van der Waals surface area contributed by atoms with Crippen LogP contribution in [0.5, 0.6) is 0 Å². The van der Waals surface area contributed by atoms with E-state index in [2.05, 4.69) is 21.2 Å². The van der Waals surface area contributed by atoms with Gasteiger partial charge >= 0.3 is 0 Å². The molecule has 0 aliphatic heterocycles. The minimum absolute atomic E-state index is 0.117. The molecule has 5 nitrogen and oxygen atoms in total. The Labute approximate surface area is 132 Å². The quantitative estimate of drug-likeness (QED) is 0.640. The van der Waals surface area contributed by atoms with Crippen molar-refractivity contribution in [2.24, 2.45) is 0 Å². The predicted molar refractivity (Wildman–Crippen MR) is 80.2 cm³/mol. The monoisotopic (exact) mass is 372 g/mol. The molecule has 0 saturated heterocycles. The molecule has 0 atom stereocenters. The Morgan fingerprint density at radius 3 is 2.57 bits per heavy atom. The minimum Gasteiger partial charge on any atom is -0.322 e. The van der Waals surface area contributed by atoms with Crippen molar-refractivity contribution in [1.29, 1.82) is 0 Å². The van der Waals surface area contributed by atoms with E-state index in [0.717, 1.165) is 12.1 Å².